The van der Waals surface area contributed by atoms with Crippen LogP contribution in [0.2, 0.25) is 0 Å². The third-order valence-corrected chi connectivity index (χ3v) is 5.37. The van der Waals surface area contributed by atoms with Gasteiger partial charge in [0.15, 0.2) is 17.3 Å². The van der Waals surface area contributed by atoms with Gasteiger partial charge in [-0.1, -0.05) is 30.4 Å². The van der Waals surface area contributed by atoms with Crippen LogP contribution in [0, 0.1) is 5.82 Å². The van der Waals surface area contributed by atoms with Gasteiger partial charge in [0.25, 0.3) is 0 Å². The number of methoxy groups -OCH3 is 4. The third-order valence-electron chi connectivity index (χ3n) is 5.37. The minimum absolute atomic E-state index is 0.140. The smallest absolute Gasteiger partial charge is 0.228 e. The number of ether oxygens (including phenoxy) is 4. The molecule has 6 nitrogen and oxygen atoms in total. The molecule has 0 N–H and O–H groups in total. The molecule has 4 aromatic rings. The Hall–Kier alpha value is -4.26. The maximum atomic E-state index is 14.0. The van der Waals surface area contributed by atoms with Gasteiger partial charge in [-0.2, -0.15) is 0 Å². The van der Waals surface area contributed by atoms with Crippen LogP contribution in [0.4, 0.5) is 4.39 Å². The summed E-state index contributed by atoms with van der Waals surface area (Å²) in [6, 6.07) is 14.8. The Bertz CT molecular complexity index is 1360. The minimum atomic E-state index is -0.349. The second-order valence-corrected chi connectivity index (χ2v) is 7.34. The molecule has 1 aromatic heterocycles. The van der Waals surface area contributed by atoms with Crippen LogP contribution < -0.4 is 18.9 Å². The molecule has 4 rings (SSSR count). The van der Waals surface area contributed by atoms with Crippen LogP contribution in [0.1, 0.15) is 27.2 Å². The summed E-state index contributed by atoms with van der Waals surface area (Å²) in [4.78, 5) is 13.2. The van der Waals surface area contributed by atoms with E-state index in [2.05, 4.69) is 0 Å². The molecule has 174 valence electrons. The fourth-order valence-electron chi connectivity index (χ4n) is 3.65. The predicted molar refractivity (Wildman–Crippen MR) is 128 cm³/mol. The van der Waals surface area contributed by atoms with E-state index in [1.807, 2.05) is 6.07 Å². The Kier molecular flexibility index (Phi) is 6.54. The molecule has 0 aliphatic carbocycles. The average Bonchev–Trinajstić information content (AvgIpc) is 3.29. The number of rotatable bonds is 8. The highest BCUT2D eigenvalue weighted by Crippen LogP contribution is 2.39. The standard InChI is InChI=1S/C27H23FO6/c1-30-21-15-22-18(11-17(21)10-9-16-7-5-6-8-20(16)28)12-23(34-22)26(29)19-13-24(31-2)27(33-4)25(14-19)32-3/h5-15H,1-4H3/b10-9+. The Balaban J connectivity index is 1.73. The summed E-state index contributed by atoms with van der Waals surface area (Å²) in [6.45, 7) is 0. The summed E-state index contributed by atoms with van der Waals surface area (Å²) in [5.74, 6) is 1.12. The lowest BCUT2D eigenvalue weighted by Crippen LogP contribution is -2.03. The summed E-state index contributed by atoms with van der Waals surface area (Å²) in [5, 5.41) is 0.699. The van der Waals surface area contributed by atoms with E-state index in [0.717, 1.165) is 0 Å². The molecule has 3 aromatic carbocycles. The van der Waals surface area contributed by atoms with Gasteiger partial charge in [-0.05, 0) is 30.3 Å². The number of halogens is 1. The van der Waals surface area contributed by atoms with Crippen molar-refractivity contribution in [3.63, 3.8) is 0 Å². The Morgan fingerprint density at radius 2 is 1.44 bits per heavy atom. The van der Waals surface area contributed by atoms with Crippen molar-refractivity contribution in [2.45, 2.75) is 0 Å². The summed E-state index contributed by atoms with van der Waals surface area (Å²) in [7, 11) is 5.99. The van der Waals surface area contributed by atoms with Gasteiger partial charge in [0.1, 0.15) is 17.1 Å². The largest absolute Gasteiger partial charge is 0.496 e. The lowest BCUT2D eigenvalue weighted by Gasteiger charge is -2.13. The molecule has 0 unspecified atom stereocenters. The molecule has 0 aliphatic heterocycles. The molecule has 0 saturated heterocycles. The quantitative estimate of drug-likeness (QED) is 0.236. The van der Waals surface area contributed by atoms with Gasteiger partial charge in [0.05, 0.1) is 28.4 Å². The summed E-state index contributed by atoms with van der Waals surface area (Å²) < 4.78 is 41.3. The van der Waals surface area contributed by atoms with Crippen molar-refractivity contribution >= 4 is 28.9 Å². The third kappa shape index (κ3) is 4.32. The van der Waals surface area contributed by atoms with Crippen molar-refractivity contribution < 1.29 is 32.5 Å². The molecule has 0 amide bonds. The zero-order chi connectivity index (χ0) is 24.2. The second-order valence-electron chi connectivity index (χ2n) is 7.34. The minimum Gasteiger partial charge on any atom is -0.496 e. The van der Waals surface area contributed by atoms with E-state index in [1.165, 1.54) is 34.5 Å². The molecule has 0 spiro atoms. The SMILES string of the molecule is COc1cc2oc(C(=O)c3cc(OC)c(OC)c(OC)c3)cc2cc1/C=C/c1ccccc1F. The molecule has 0 fully saturated rings. The van der Waals surface area contributed by atoms with E-state index in [0.29, 0.717) is 50.7 Å². The lowest BCUT2D eigenvalue weighted by molar-refractivity contribution is 0.101. The van der Waals surface area contributed by atoms with Gasteiger partial charge >= 0.3 is 0 Å². The van der Waals surface area contributed by atoms with E-state index in [-0.39, 0.29) is 17.4 Å². The molecule has 1 heterocycles. The van der Waals surface area contributed by atoms with Gasteiger partial charge in [0, 0.05) is 28.1 Å². The van der Waals surface area contributed by atoms with Crippen LogP contribution >= 0.6 is 0 Å². The highest BCUT2D eigenvalue weighted by molar-refractivity contribution is 6.09. The fourth-order valence-corrected chi connectivity index (χ4v) is 3.65. The van der Waals surface area contributed by atoms with E-state index in [1.54, 1.807) is 54.6 Å². The van der Waals surface area contributed by atoms with Gasteiger partial charge in [-0.25, -0.2) is 4.39 Å². The molecule has 0 saturated carbocycles. The number of fused-ring (bicyclic) bond motifs is 1. The molecular formula is C27H23FO6. The van der Waals surface area contributed by atoms with E-state index in [9.17, 15) is 9.18 Å². The highest BCUT2D eigenvalue weighted by Gasteiger charge is 2.21. The monoisotopic (exact) mass is 462 g/mol. The van der Waals surface area contributed by atoms with E-state index < -0.39 is 0 Å². The first kappa shape index (κ1) is 22.9. The number of furan rings is 1. The van der Waals surface area contributed by atoms with Gasteiger partial charge in [-0.15, -0.1) is 0 Å². The van der Waals surface area contributed by atoms with Crippen molar-refractivity contribution in [3.05, 3.63) is 82.9 Å². The van der Waals surface area contributed by atoms with Crippen molar-refractivity contribution in [1.29, 1.82) is 0 Å². The van der Waals surface area contributed by atoms with Crippen molar-refractivity contribution in [1.82, 2.24) is 0 Å². The van der Waals surface area contributed by atoms with Gasteiger partial charge < -0.3 is 23.4 Å². The maximum Gasteiger partial charge on any atom is 0.228 e. The van der Waals surface area contributed by atoms with Crippen molar-refractivity contribution in [2.24, 2.45) is 0 Å². The van der Waals surface area contributed by atoms with Crippen LogP contribution in [0.15, 0.2) is 59.0 Å². The number of carbonyl (C=O) groups excluding carboxylic acids is 1. The molecule has 0 aliphatic rings. The first-order chi connectivity index (χ1) is 16.5. The Labute approximate surface area is 196 Å². The maximum absolute atomic E-state index is 14.0. The number of benzene rings is 3. The first-order valence-electron chi connectivity index (χ1n) is 10.4. The lowest BCUT2D eigenvalue weighted by atomic mass is 10.1. The summed E-state index contributed by atoms with van der Waals surface area (Å²) in [6.07, 6.45) is 3.42. The number of hydrogen-bond donors (Lipinski definition) is 0. The predicted octanol–water partition coefficient (Wildman–Crippen LogP) is 6.01. The normalized spacial score (nSPS) is 11.1. The zero-order valence-corrected chi connectivity index (χ0v) is 19.2. The average molecular weight is 462 g/mol. The summed E-state index contributed by atoms with van der Waals surface area (Å²) in [5.41, 5.74) is 1.97. The highest BCUT2D eigenvalue weighted by atomic mass is 19.1. The van der Waals surface area contributed by atoms with Crippen LogP contribution in [-0.2, 0) is 0 Å². The van der Waals surface area contributed by atoms with Crippen LogP contribution in [0.5, 0.6) is 23.0 Å². The van der Waals surface area contributed by atoms with Crippen molar-refractivity contribution in [2.75, 3.05) is 28.4 Å². The van der Waals surface area contributed by atoms with Gasteiger partial charge in [0.2, 0.25) is 11.5 Å². The van der Waals surface area contributed by atoms with Crippen LogP contribution in [0.25, 0.3) is 23.1 Å². The van der Waals surface area contributed by atoms with E-state index in [4.69, 9.17) is 23.4 Å². The topological polar surface area (TPSA) is 67.1 Å². The Morgan fingerprint density at radius 3 is 2.06 bits per heavy atom. The molecule has 0 radical (unpaired) electrons. The molecule has 7 heteroatoms. The zero-order valence-electron chi connectivity index (χ0n) is 19.2. The summed E-state index contributed by atoms with van der Waals surface area (Å²) >= 11 is 0. The van der Waals surface area contributed by atoms with Crippen molar-refractivity contribution in [3.8, 4) is 23.0 Å². The molecule has 0 bridgehead atoms. The first-order valence-corrected chi connectivity index (χ1v) is 10.4. The number of carbonyl (C=O) groups is 1. The number of hydrogen-bond acceptors (Lipinski definition) is 6. The van der Waals surface area contributed by atoms with Crippen LogP contribution in [0.3, 0.4) is 0 Å². The number of ketones is 1. The van der Waals surface area contributed by atoms with Gasteiger partial charge in [-0.3, -0.25) is 4.79 Å². The molecule has 34 heavy (non-hydrogen) atoms. The van der Waals surface area contributed by atoms with E-state index >= 15 is 0 Å². The molecular weight excluding hydrogens is 439 g/mol. The van der Waals surface area contributed by atoms with Crippen LogP contribution in [-0.4, -0.2) is 34.2 Å². The molecule has 0 atom stereocenters. The second kappa shape index (κ2) is 9.70. The fraction of sp³-hybridized carbons (Fsp3) is 0.148. The Morgan fingerprint density at radius 1 is 0.794 bits per heavy atom.